The van der Waals surface area contributed by atoms with E-state index in [9.17, 15) is 13.2 Å². The quantitative estimate of drug-likeness (QED) is 0.730. The summed E-state index contributed by atoms with van der Waals surface area (Å²) >= 11 is 6.00. The number of rotatable bonds is 6. The third kappa shape index (κ3) is 5.13. The van der Waals surface area contributed by atoms with Crippen LogP contribution >= 0.6 is 11.6 Å². The molecule has 162 valence electrons. The molecule has 0 saturated carbocycles. The molecular weight excluding hydrogens is 426 g/mol. The Balaban J connectivity index is 1.58. The van der Waals surface area contributed by atoms with Crippen LogP contribution in [0.5, 0.6) is 5.75 Å². The second kappa shape index (κ2) is 9.34. The normalized spacial score (nSPS) is 15.7. The van der Waals surface area contributed by atoms with E-state index in [1.54, 1.807) is 30.3 Å². The van der Waals surface area contributed by atoms with Crippen molar-refractivity contribution in [2.24, 2.45) is 0 Å². The van der Waals surface area contributed by atoms with Gasteiger partial charge in [-0.25, -0.2) is 8.42 Å². The van der Waals surface area contributed by atoms with Crippen molar-refractivity contribution < 1.29 is 17.9 Å². The number of methoxy groups -OCH3 is 1. The van der Waals surface area contributed by atoms with Crippen LogP contribution in [0.15, 0.2) is 41.3 Å². The van der Waals surface area contributed by atoms with Crippen LogP contribution in [0.4, 0.5) is 5.69 Å². The Labute approximate surface area is 182 Å². The Hall–Kier alpha value is -2.13. The van der Waals surface area contributed by atoms with Crippen molar-refractivity contribution in [1.29, 1.82) is 0 Å². The number of hydrogen-bond acceptors (Lipinski definition) is 5. The summed E-state index contributed by atoms with van der Waals surface area (Å²) in [6.07, 6.45) is 0. The van der Waals surface area contributed by atoms with Crippen molar-refractivity contribution in [2.75, 3.05) is 45.2 Å². The van der Waals surface area contributed by atoms with E-state index in [0.29, 0.717) is 47.5 Å². The number of piperazine rings is 1. The Bertz CT molecular complexity index is 1030. The molecule has 0 aliphatic carbocycles. The fourth-order valence-electron chi connectivity index (χ4n) is 3.32. The molecule has 1 saturated heterocycles. The highest BCUT2D eigenvalue weighted by Crippen LogP contribution is 2.27. The van der Waals surface area contributed by atoms with Gasteiger partial charge >= 0.3 is 0 Å². The Morgan fingerprint density at radius 3 is 2.40 bits per heavy atom. The maximum absolute atomic E-state index is 12.9. The van der Waals surface area contributed by atoms with Crippen LogP contribution in [0.25, 0.3) is 0 Å². The van der Waals surface area contributed by atoms with E-state index in [0.717, 1.165) is 11.1 Å². The molecule has 0 aromatic heterocycles. The highest BCUT2D eigenvalue weighted by molar-refractivity contribution is 7.89. The second-order valence-corrected chi connectivity index (χ2v) is 9.69. The molecule has 1 aliphatic heterocycles. The minimum absolute atomic E-state index is 0.160. The first-order valence-electron chi connectivity index (χ1n) is 9.64. The smallest absolute Gasteiger partial charge is 0.243 e. The predicted octanol–water partition coefficient (Wildman–Crippen LogP) is 2.91. The molecule has 1 amide bonds. The molecule has 3 rings (SSSR count). The van der Waals surface area contributed by atoms with Gasteiger partial charge < -0.3 is 10.1 Å². The van der Waals surface area contributed by atoms with E-state index < -0.39 is 10.0 Å². The van der Waals surface area contributed by atoms with Crippen molar-refractivity contribution in [3.8, 4) is 5.75 Å². The minimum Gasteiger partial charge on any atom is -0.495 e. The summed E-state index contributed by atoms with van der Waals surface area (Å²) in [5, 5.41) is 3.30. The minimum atomic E-state index is -3.54. The number of anilines is 1. The van der Waals surface area contributed by atoms with Crippen LogP contribution in [-0.2, 0) is 14.8 Å². The number of ether oxygens (including phenoxy) is 1. The van der Waals surface area contributed by atoms with Crippen molar-refractivity contribution in [3.63, 3.8) is 0 Å². The monoisotopic (exact) mass is 451 g/mol. The zero-order chi connectivity index (χ0) is 21.9. The maximum Gasteiger partial charge on any atom is 0.243 e. The van der Waals surface area contributed by atoms with Gasteiger partial charge in [-0.05, 0) is 55.3 Å². The van der Waals surface area contributed by atoms with E-state index in [1.165, 1.54) is 11.4 Å². The molecule has 0 bridgehead atoms. The first-order valence-corrected chi connectivity index (χ1v) is 11.5. The molecule has 30 heavy (non-hydrogen) atoms. The zero-order valence-corrected chi connectivity index (χ0v) is 18.9. The number of benzene rings is 2. The number of carbonyl (C=O) groups excluding carboxylic acids is 1. The van der Waals surface area contributed by atoms with Gasteiger partial charge in [0.15, 0.2) is 0 Å². The average Bonchev–Trinajstić information content (AvgIpc) is 2.70. The molecule has 0 atom stereocenters. The van der Waals surface area contributed by atoms with Crippen molar-refractivity contribution >= 4 is 33.2 Å². The van der Waals surface area contributed by atoms with Gasteiger partial charge in [0.05, 0.1) is 24.2 Å². The molecule has 0 unspecified atom stereocenters. The third-order valence-corrected chi connectivity index (χ3v) is 7.38. The molecule has 7 nitrogen and oxygen atoms in total. The summed E-state index contributed by atoms with van der Waals surface area (Å²) in [4.78, 5) is 14.7. The Morgan fingerprint density at radius 1 is 1.07 bits per heavy atom. The van der Waals surface area contributed by atoms with Crippen LogP contribution in [-0.4, -0.2) is 63.4 Å². The zero-order valence-electron chi connectivity index (χ0n) is 17.3. The predicted molar refractivity (Wildman–Crippen MR) is 118 cm³/mol. The van der Waals surface area contributed by atoms with Gasteiger partial charge in [-0.1, -0.05) is 17.7 Å². The number of halogens is 1. The van der Waals surface area contributed by atoms with Crippen LogP contribution in [0.3, 0.4) is 0 Å². The van der Waals surface area contributed by atoms with Gasteiger partial charge in [0, 0.05) is 31.2 Å². The standard InChI is InChI=1S/C21H26ClN3O4S/c1-15-4-6-18(12-16(15)2)30(27,28)25-10-8-24(9-11-25)14-21(26)23-19-13-17(22)5-7-20(19)29-3/h4-7,12-13H,8-11,14H2,1-3H3,(H,23,26). The van der Waals surface area contributed by atoms with E-state index in [2.05, 4.69) is 5.32 Å². The van der Waals surface area contributed by atoms with Gasteiger partial charge in [0.1, 0.15) is 5.75 Å². The van der Waals surface area contributed by atoms with E-state index in [4.69, 9.17) is 16.3 Å². The lowest BCUT2D eigenvalue weighted by molar-refractivity contribution is -0.117. The van der Waals surface area contributed by atoms with E-state index in [-0.39, 0.29) is 12.5 Å². The lowest BCUT2D eigenvalue weighted by atomic mass is 10.1. The second-order valence-electron chi connectivity index (χ2n) is 7.32. The SMILES string of the molecule is COc1ccc(Cl)cc1NC(=O)CN1CCN(S(=O)(=O)c2ccc(C)c(C)c2)CC1. The number of nitrogens with zero attached hydrogens (tertiary/aromatic N) is 2. The lowest BCUT2D eigenvalue weighted by Crippen LogP contribution is -2.50. The van der Waals surface area contributed by atoms with Crippen LogP contribution in [0.2, 0.25) is 5.02 Å². The molecule has 1 heterocycles. The summed E-state index contributed by atoms with van der Waals surface area (Å²) in [6.45, 7) is 5.64. The number of nitrogens with one attached hydrogen (secondary N) is 1. The Kier molecular flexibility index (Phi) is 7.02. The van der Waals surface area contributed by atoms with Crippen LogP contribution < -0.4 is 10.1 Å². The first kappa shape index (κ1) is 22.6. The maximum atomic E-state index is 12.9. The summed E-state index contributed by atoms with van der Waals surface area (Å²) in [6, 6.07) is 10.2. The summed E-state index contributed by atoms with van der Waals surface area (Å²) in [7, 11) is -2.02. The van der Waals surface area contributed by atoms with Crippen molar-refractivity contribution in [1.82, 2.24) is 9.21 Å². The van der Waals surface area contributed by atoms with Gasteiger partial charge in [0.2, 0.25) is 15.9 Å². The molecule has 1 N–H and O–H groups in total. The fraction of sp³-hybridized carbons (Fsp3) is 0.381. The molecule has 9 heteroatoms. The number of hydrogen-bond donors (Lipinski definition) is 1. The summed E-state index contributed by atoms with van der Waals surface area (Å²) in [5.74, 6) is 0.318. The molecule has 2 aromatic rings. The van der Waals surface area contributed by atoms with Crippen molar-refractivity contribution in [2.45, 2.75) is 18.7 Å². The number of aryl methyl sites for hydroxylation is 2. The highest BCUT2D eigenvalue weighted by Gasteiger charge is 2.29. The molecule has 2 aromatic carbocycles. The fourth-order valence-corrected chi connectivity index (χ4v) is 5.00. The average molecular weight is 452 g/mol. The third-order valence-electron chi connectivity index (χ3n) is 5.25. The van der Waals surface area contributed by atoms with Gasteiger partial charge in [-0.15, -0.1) is 0 Å². The van der Waals surface area contributed by atoms with Crippen molar-refractivity contribution in [3.05, 3.63) is 52.5 Å². The number of carbonyl (C=O) groups is 1. The van der Waals surface area contributed by atoms with Crippen LogP contribution in [0.1, 0.15) is 11.1 Å². The molecule has 0 spiro atoms. The lowest BCUT2D eigenvalue weighted by Gasteiger charge is -2.33. The number of amides is 1. The summed E-state index contributed by atoms with van der Waals surface area (Å²) in [5.41, 5.74) is 2.51. The summed E-state index contributed by atoms with van der Waals surface area (Å²) < 4.78 is 32.6. The molecule has 0 radical (unpaired) electrons. The molecule has 1 aliphatic rings. The van der Waals surface area contributed by atoms with Gasteiger partial charge in [-0.2, -0.15) is 4.31 Å². The van der Waals surface area contributed by atoms with Gasteiger partial charge in [-0.3, -0.25) is 9.69 Å². The van der Waals surface area contributed by atoms with E-state index in [1.807, 2.05) is 24.8 Å². The molecule has 1 fully saturated rings. The Morgan fingerprint density at radius 2 is 1.77 bits per heavy atom. The van der Waals surface area contributed by atoms with Crippen LogP contribution in [0, 0.1) is 13.8 Å². The molecular formula is C21H26ClN3O4S. The number of sulfonamides is 1. The largest absolute Gasteiger partial charge is 0.495 e. The van der Waals surface area contributed by atoms with Gasteiger partial charge in [0.25, 0.3) is 0 Å². The first-order chi connectivity index (χ1) is 14.2. The highest BCUT2D eigenvalue weighted by atomic mass is 35.5. The van der Waals surface area contributed by atoms with E-state index >= 15 is 0 Å². The topological polar surface area (TPSA) is 79.0 Å².